The molecule has 0 aromatic heterocycles. The number of carboxylic acids is 1. The summed E-state index contributed by atoms with van der Waals surface area (Å²) in [5, 5.41) is 9.09. The maximum atomic E-state index is 11.8. The molecule has 0 aromatic carbocycles. The van der Waals surface area contributed by atoms with Gasteiger partial charge in [0.25, 0.3) is 0 Å². The van der Waals surface area contributed by atoms with Crippen LogP contribution in [0.1, 0.15) is 27.7 Å². The van der Waals surface area contributed by atoms with Gasteiger partial charge >= 0.3 is 11.9 Å². The van der Waals surface area contributed by atoms with E-state index in [2.05, 4.69) is 0 Å². The van der Waals surface area contributed by atoms with E-state index in [1.165, 1.54) is 4.90 Å². The molecule has 0 rings (SSSR count). The zero-order valence-corrected chi connectivity index (χ0v) is 10.9. The fourth-order valence-electron chi connectivity index (χ4n) is 1.40. The van der Waals surface area contributed by atoms with Crippen molar-refractivity contribution >= 4 is 11.9 Å². The molecule has 0 aliphatic heterocycles. The lowest BCUT2D eigenvalue weighted by Gasteiger charge is -2.28. The summed E-state index contributed by atoms with van der Waals surface area (Å²) in [6, 6.07) is -1.29. The Morgan fingerprint density at radius 3 is 2.24 bits per heavy atom. The van der Waals surface area contributed by atoms with Crippen molar-refractivity contribution in [2.45, 2.75) is 39.3 Å². The molecule has 0 heterocycles. The molecule has 0 saturated heterocycles. The molecule has 1 atom stereocenters. The molecular formula is C11H22N2O4. The topological polar surface area (TPSA) is 92.9 Å². The summed E-state index contributed by atoms with van der Waals surface area (Å²) in [5.74, 6) is -1.96. The zero-order chi connectivity index (χ0) is 13.6. The third-order valence-electron chi connectivity index (χ3n) is 2.05. The predicted octanol–water partition coefficient (Wildman–Crippen LogP) is 0.0619. The van der Waals surface area contributed by atoms with Gasteiger partial charge in [0, 0.05) is 13.1 Å². The number of nitrogens with zero attached hydrogens (tertiary/aromatic N) is 1. The lowest BCUT2D eigenvalue weighted by Crippen LogP contribution is -2.50. The van der Waals surface area contributed by atoms with Crippen LogP contribution in [0.4, 0.5) is 0 Å². The quantitative estimate of drug-likeness (QED) is 0.508. The molecular weight excluding hydrogens is 224 g/mol. The Balaban J connectivity index is 4.83. The summed E-state index contributed by atoms with van der Waals surface area (Å²) >= 11 is 0. The van der Waals surface area contributed by atoms with Gasteiger partial charge in [0.05, 0.1) is 0 Å². The molecule has 6 nitrogen and oxygen atoms in total. The number of carbonyl (C=O) groups is 2. The Kier molecular flexibility index (Phi) is 6.12. The number of esters is 1. The van der Waals surface area contributed by atoms with Gasteiger partial charge in [-0.25, -0.2) is 9.59 Å². The number of nitrogens with two attached hydrogens (primary N) is 1. The van der Waals surface area contributed by atoms with Crippen molar-refractivity contribution in [3.05, 3.63) is 0 Å². The highest BCUT2D eigenvalue weighted by Crippen LogP contribution is 2.11. The molecule has 0 fully saturated rings. The van der Waals surface area contributed by atoms with E-state index >= 15 is 0 Å². The summed E-state index contributed by atoms with van der Waals surface area (Å²) in [4.78, 5) is 24.4. The molecule has 1 unspecified atom stereocenters. The number of likely N-dealkylation sites (N-methyl/N-ethyl adjacent to an activating group) is 1. The first-order valence-electron chi connectivity index (χ1n) is 5.62. The van der Waals surface area contributed by atoms with E-state index in [-0.39, 0.29) is 0 Å². The van der Waals surface area contributed by atoms with Crippen LogP contribution >= 0.6 is 0 Å². The zero-order valence-electron chi connectivity index (χ0n) is 10.9. The number of hydrogen-bond acceptors (Lipinski definition) is 5. The number of carbonyl (C=O) groups excluding carboxylic acids is 1. The van der Waals surface area contributed by atoms with E-state index in [1.807, 2.05) is 0 Å². The summed E-state index contributed by atoms with van der Waals surface area (Å²) in [6.45, 7) is 7.92. The molecule has 0 aliphatic rings. The van der Waals surface area contributed by atoms with Crippen molar-refractivity contribution in [2.24, 2.45) is 5.73 Å². The number of ether oxygens (including phenoxy) is 1. The van der Waals surface area contributed by atoms with Crippen LogP contribution in [-0.2, 0) is 14.3 Å². The predicted molar refractivity (Wildman–Crippen MR) is 63.6 cm³/mol. The van der Waals surface area contributed by atoms with E-state index in [9.17, 15) is 9.59 Å². The second kappa shape index (κ2) is 6.56. The molecule has 0 spiro atoms. The van der Waals surface area contributed by atoms with Crippen molar-refractivity contribution in [3.63, 3.8) is 0 Å². The largest absolute Gasteiger partial charge is 0.480 e. The number of hydrogen-bond donors (Lipinski definition) is 2. The summed E-state index contributed by atoms with van der Waals surface area (Å²) in [7, 11) is 0. The Bertz CT molecular complexity index is 273. The van der Waals surface area contributed by atoms with Gasteiger partial charge in [-0.3, -0.25) is 4.90 Å². The maximum absolute atomic E-state index is 11.8. The monoisotopic (exact) mass is 246 g/mol. The maximum Gasteiger partial charge on any atom is 0.335 e. The smallest absolute Gasteiger partial charge is 0.335 e. The van der Waals surface area contributed by atoms with Crippen LogP contribution in [0.3, 0.4) is 0 Å². The molecule has 3 N–H and O–H groups in total. The molecule has 17 heavy (non-hydrogen) atoms. The Hall–Kier alpha value is -1.14. The highest BCUT2D eigenvalue weighted by molar-refractivity contribution is 5.98. The van der Waals surface area contributed by atoms with Crippen molar-refractivity contribution in [1.29, 1.82) is 0 Å². The Morgan fingerprint density at radius 2 is 1.94 bits per heavy atom. The summed E-state index contributed by atoms with van der Waals surface area (Å²) in [6.07, 6.45) is 0. The fourth-order valence-corrected chi connectivity index (χ4v) is 1.40. The molecule has 0 saturated carbocycles. The minimum atomic E-state index is -1.29. The minimum Gasteiger partial charge on any atom is -0.480 e. The van der Waals surface area contributed by atoms with Crippen molar-refractivity contribution in [1.82, 2.24) is 4.90 Å². The molecule has 0 aliphatic carbocycles. The minimum absolute atomic E-state index is 0.292. The van der Waals surface area contributed by atoms with Crippen LogP contribution in [0, 0.1) is 0 Å². The van der Waals surface area contributed by atoms with Crippen molar-refractivity contribution < 1.29 is 19.4 Å². The SMILES string of the molecule is CCN(CCN)C(C(=O)O)C(=O)OC(C)(C)C. The number of rotatable bonds is 6. The van der Waals surface area contributed by atoms with Gasteiger partial charge in [0.2, 0.25) is 6.04 Å². The van der Waals surface area contributed by atoms with E-state index in [0.717, 1.165) is 0 Å². The second-order valence-electron chi connectivity index (χ2n) is 4.69. The molecule has 0 bridgehead atoms. The lowest BCUT2D eigenvalue weighted by atomic mass is 10.1. The summed E-state index contributed by atoms with van der Waals surface area (Å²) < 4.78 is 5.09. The van der Waals surface area contributed by atoms with Gasteiger partial charge < -0.3 is 15.6 Å². The normalized spacial score (nSPS) is 13.5. The van der Waals surface area contributed by atoms with Gasteiger partial charge in [0.1, 0.15) is 5.60 Å². The third-order valence-corrected chi connectivity index (χ3v) is 2.05. The summed E-state index contributed by atoms with van der Waals surface area (Å²) in [5.41, 5.74) is 4.68. The molecule has 6 heteroatoms. The highest BCUT2D eigenvalue weighted by atomic mass is 16.6. The van der Waals surface area contributed by atoms with Crippen LogP contribution in [0.15, 0.2) is 0 Å². The van der Waals surface area contributed by atoms with Crippen LogP contribution in [-0.4, -0.2) is 53.2 Å². The Morgan fingerprint density at radius 1 is 1.41 bits per heavy atom. The van der Waals surface area contributed by atoms with Crippen LogP contribution in [0.2, 0.25) is 0 Å². The van der Waals surface area contributed by atoms with E-state index < -0.39 is 23.6 Å². The van der Waals surface area contributed by atoms with Gasteiger partial charge in [0.15, 0.2) is 0 Å². The van der Waals surface area contributed by atoms with E-state index in [1.54, 1.807) is 27.7 Å². The standard InChI is InChI=1S/C11H22N2O4/c1-5-13(7-6-12)8(9(14)15)10(16)17-11(2,3)4/h8H,5-7,12H2,1-4H3,(H,14,15). The first kappa shape index (κ1) is 15.9. The van der Waals surface area contributed by atoms with Crippen molar-refractivity contribution in [3.8, 4) is 0 Å². The van der Waals surface area contributed by atoms with E-state index in [4.69, 9.17) is 15.6 Å². The Labute approximate surface area is 102 Å². The fraction of sp³-hybridized carbons (Fsp3) is 0.818. The van der Waals surface area contributed by atoms with Crippen LogP contribution in [0.25, 0.3) is 0 Å². The molecule has 0 amide bonds. The van der Waals surface area contributed by atoms with E-state index in [0.29, 0.717) is 19.6 Å². The molecule has 0 aromatic rings. The average molecular weight is 246 g/mol. The first-order chi connectivity index (χ1) is 7.72. The average Bonchev–Trinajstić information content (AvgIpc) is 2.13. The molecule has 100 valence electrons. The van der Waals surface area contributed by atoms with Gasteiger partial charge in [-0.15, -0.1) is 0 Å². The van der Waals surface area contributed by atoms with Gasteiger partial charge in [-0.2, -0.15) is 0 Å². The first-order valence-corrected chi connectivity index (χ1v) is 5.62. The number of aliphatic carboxylic acids is 1. The molecule has 0 radical (unpaired) electrons. The van der Waals surface area contributed by atoms with Gasteiger partial charge in [-0.05, 0) is 27.3 Å². The van der Waals surface area contributed by atoms with Crippen molar-refractivity contribution in [2.75, 3.05) is 19.6 Å². The highest BCUT2D eigenvalue weighted by Gasteiger charge is 2.35. The van der Waals surface area contributed by atoms with Gasteiger partial charge in [-0.1, -0.05) is 6.92 Å². The van der Waals surface area contributed by atoms with Crippen LogP contribution in [0.5, 0.6) is 0 Å². The lowest BCUT2D eigenvalue weighted by molar-refractivity contribution is -0.168. The number of carboxylic acid groups (broad SMARTS) is 1. The second-order valence-corrected chi connectivity index (χ2v) is 4.69. The van der Waals surface area contributed by atoms with Crippen LogP contribution < -0.4 is 5.73 Å². The third kappa shape index (κ3) is 5.65.